The maximum Gasteiger partial charge on any atom is 0.0772 e. The van der Waals surface area contributed by atoms with Gasteiger partial charge in [0.05, 0.1) is 6.33 Å². The van der Waals surface area contributed by atoms with Crippen LogP contribution in [0.2, 0.25) is 0 Å². The number of nitrogens with zero attached hydrogens (tertiary/aromatic N) is 1. The summed E-state index contributed by atoms with van der Waals surface area (Å²) in [6.45, 7) is 0. The SMILES string of the molecule is [CH3-].[Y].[c-]1ccc2[nH]cnc2c1. The summed E-state index contributed by atoms with van der Waals surface area (Å²) in [5.74, 6) is 0. The van der Waals surface area contributed by atoms with Crippen molar-refractivity contribution >= 4 is 11.0 Å². The van der Waals surface area contributed by atoms with E-state index in [0.29, 0.717) is 0 Å². The van der Waals surface area contributed by atoms with Gasteiger partial charge in [-0.1, -0.05) is 0 Å². The monoisotopic (exact) mass is 221 g/mol. The molecule has 2 nitrogen and oxygen atoms in total. The summed E-state index contributed by atoms with van der Waals surface area (Å²) < 4.78 is 0. The molecule has 1 N–H and O–H groups in total. The van der Waals surface area contributed by atoms with Crippen molar-refractivity contribution in [3.8, 4) is 0 Å². The number of nitrogens with one attached hydrogen (secondary N) is 1. The van der Waals surface area contributed by atoms with Crippen LogP contribution >= 0.6 is 0 Å². The van der Waals surface area contributed by atoms with Crippen LogP contribution in [0, 0.1) is 13.5 Å². The molecule has 2 aromatic rings. The Morgan fingerprint density at radius 3 is 3.00 bits per heavy atom. The number of aromatic nitrogens is 2. The number of fused-ring (bicyclic) bond motifs is 1. The molecule has 11 heavy (non-hydrogen) atoms. The van der Waals surface area contributed by atoms with Gasteiger partial charge in [0, 0.05) is 32.7 Å². The van der Waals surface area contributed by atoms with E-state index in [1.165, 1.54) is 0 Å². The molecule has 0 aliphatic carbocycles. The summed E-state index contributed by atoms with van der Waals surface area (Å²) in [4.78, 5) is 7.02. The predicted octanol–water partition coefficient (Wildman–Crippen LogP) is 1.81. The molecule has 55 valence electrons. The van der Waals surface area contributed by atoms with E-state index in [9.17, 15) is 0 Å². The van der Waals surface area contributed by atoms with Crippen LogP contribution in [0.1, 0.15) is 0 Å². The molecule has 1 radical (unpaired) electrons. The van der Waals surface area contributed by atoms with Gasteiger partial charge in [-0.3, -0.25) is 0 Å². The summed E-state index contributed by atoms with van der Waals surface area (Å²) in [6.07, 6.45) is 1.68. The largest absolute Gasteiger partial charge is 0.368 e. The molecule has 1 aromatic heterocycles. The molecular formula is C8H8N2Y-2. The molecule has 1 heterocycles. The van der Waals surface area contributed by atoms with Gasteiger partial charge in [0.25, 0.3) is 0 Å². The number of aromatic amines is 1. The third kappa shape index (κ3) is 2.11. The van der Waals surface area contributed by atoms with E-state index < -0.39 is 0 Å². The van der Waals surface area contributed by atoms with Crippen molar-refractivity contribution in [2.75, 3.05) is 0 Å². The van der Waals surface area contributed by atoms with Crippen molar-refractivity contribution in [2.24, 2.45) is 0 Å². The summed E-state index contributed by atoms with van der Waals surface area (Å²) in [6, 6.07) is 8.60. The van der Waals surface area contributed by atoms with E-state index in [1.807, 2.05) is 18.2 Å². The Morgan fingerprint density at radius 2 is 2.27 bits per heavy atom. The Morgan fingerprint density at radius 1 is 1.45 bits per heavy atom. The molecule has 0 saturated carbocycles. The van der Waals surface area contributed by atoms with Gasteiger partial charge in [0.15, 0.2) is 0 Å². The Bertz CT molecular complexity index is 286. The van der Waals surface area contributed by atoms with Crippen molar-refractivity contribution in [1.82, 2.24) is 9.97 Å². The first kappa shape index (κ1) is 10.8. The molecule has 0 saturated heterocycles. The first-order valence-corrected chi connectivity index (χ1v) is 2.76. The van der Waals surface area contributed by atoms with Crippen molar-refractivity contribution in [2.45, 2.75) is 0 Å². The Hall–Kier alpha value is -0.206. The summed E-state index contributed by atoms with van der Waals surface area (Å²) >= 11 is 0. The van der Waals surface area contributed by atoms with Crippen LogP contribution < -0.4 is 0 Å². The van der Waals surface area contributed by atoms with Gasteiger partial charge in [-0.15, -0.1) is 12.1 Å². The zero-order valence-corrected chi connectivity index (χ0v) is 9.17. The molecule has 0 unspecified atom stereocenters. The normalized spacial score (nSPS) is 8.36. The quantitative estimate of drug-likeness (QED) is 0.675. The van der Waals surface area contributed by atoms with E-state index in [4.69, 9.17) is 0 Å². The first-order chi connectivity index (χ1) is 4.47. The van der Waals surface area contributed by atoms with Gasteiger partial charge in [0.2, 0.25) is 0 Å². The maximum atomic E-state index is 4.03. The Labute approximate surface area is 91.3 Å². The summed E-state index contributed by atoms with van der Waals surface area (Å²) in [5, 5.41) is 0. The third-order valence-corrected chi connectivity index (χ3v) is 1.27. The average Bonchev–Trinajstić information content (AvgIpc) is 2.33. The zero-order valence-electron chi connectivity index (χ0n) is 6.33. The number of hydrogen-bond acceptors (Lipinski definition) is 1. The molecule has 0 aliphatic heterocycles. The van der Waals surface area contributed by atoms with E-state index in [1.54, 1.807) is 6.33 Å². The fourth-order valence-corrected chi connectivity index (χ4v) is 0.822. The molecule has 0 amide bonds. The van der Waals surface area contributed by atoms with Crippen LogP contribution in [0.25, 0.3) is 11.0 Å². The van der Waals surface area contributed by atoms with Gasteiger partial charge in [-0.05, 0) is 11.0 Å². The van der Waals surface area contributed by atoms with Crippen molar-refractivity contribution < 1.29 is 32.7 Å². The van der Waals surface area contributed by atoms with Crippen LogP contribution in [0.5, 0.6) is 0 Å². The minimum Gasteiger partial charge on any atom is -0.368 e. The Kier molecular flexibility index (Phi) is 4.54. The minimum absolute atomic E-state index is 0. The third-order valence-electron chi connectivity index (χ3n) is 1.27. The van der Waals surface area contributed by atoms with Crippen LogP contribution in [-0.4, -0.2) is 9.97 Å². The standard InChI is InChI=1S/C7H5N2.CH3.Y/c1-2-4-7-6(3-1)8-5-9-7;;/h1,3-5H,(H,8,9);1H3;/q2*-1;. The second-order valence-corrected chi connectivity index (χ2v) is 1.85. The van der Waals surface area contributed by atoms with Crippen molar-refractivity contribution in [3.63, 3.8) is 0 Å². The fourth-order valence-electron chi connectivity index (χ4n) is 0.822. The van der Waals surface area contributed by atoms with Crippen molar-refractivity contribution in [1.29, 1.82) is 0 Å². The minimum atomic E-state index is 0. The topological polar surface area (TPSA) is 28.7 Å². The summed E-state index contributed by atoms with van der Waals surface area (Å²) in [7, 11) is 0. The summed E-state index contributed by atoms with van der Waals surface area (Å²) in [5.41, 5.74) is 2.03. The predicted molar refractivity (Wildman–Crippen MR) is 41.3 cm³/mol. The van der Waals surface area contributed by atoms with E-state index >= 15 is 0 Å². The van der Waals surface area contributed by atoms with E-state index in [-0.39, 0.29) is 40.1 Å². The van der Waals surface area contributed by atoms with Gasteiger partial charge >= 0.3 is 0 Å². The molecule has 2 rings (SSSR count). The zero-order chi connectivity index (χ0) is 6.10. The molecule has 3 heteroatoms. The number of benzene rings is 1. The average molecular weight is 221 g/mol. The number of rotatable bonds is 0. The number of imidazole rings is 1. The van der Waals surface area contributed by atoms with Crippen LogP contribution in [0.4, 0.5) is 0 Å². The van der Waals surface area contributed by atoms with Crippen LogP contribution in [0.3, 0.4) is 0 Å². The van der Waals surface area contributed by atoms with Gasteiger partial charge in [0.1, 0.15) is 0 Å². The number of hydrogen-bond donors (Lipinski definition) is 1. The molecule has 0 spiro atoms. The first-order valence-electron chi connectivity index (χ1n) is 2.76. The molecule has 0 aliphatic rings. The van der Waals surface area contributed by atoms with Crippen molar-refractivity contribution in [3.05, 3.63) is 38.0 Å². The van der Waals surface area contributed by atoms with Gasteiger partial charge in [-0.25, -0.2) is 0 Å². The maximum absolute atomic E-state index is 4.03. The molecule has 0 atom stereocenters. The van der Waals surface area contributed by atoms with Gasteiger partial charge in [-0.2, -0.15) is 12.1 Å². The van der Waals surface area contributed by atoms with Gasteiger partial charge < -0.3 is 17.4 Å². The number of H-pyrrole nitrogens is 1. The van der Waals surface area contributed by atoms with E-state index in [0.717, 1.165) is 11.0 Å². The molecule has 1 aromatic carbocycles. The second kappa shape index (κ2) is 4.63. The van der Waals surface area contributed by atoms with Crippen LogP contribution in [-0.2, 0) is 32.7 Å². The molecule has 0 fully saturated rings. The van der Waals surface area contributed by atoms with E-state index in [2.05, 4.69) is 16.0 Å². The second-order valence-electron chi connectivity index (χ2n) is 1.85. The Balaban J connectivity index is 0.000000500. The fraction of sp³-hybridized carbons (Fsp3) is 0. The smallest absolute Gasteiger partial charge is 0.0772 e. The van der Waals surface area contributed by atoms with Crippen LogP contribution in [0.15, 0.2) is 24.5 Å². The molecular weight excluding hydrogens is 213 g/mol. The molecule has 0 bridgehead atoms.